The molecule has 1 aliphatic heterocycles. The van der Waals surface area contributed by atoms with Crippen LogP contribution in [0.3, 0.4) is 0 Å². The number of nitrogens with one attached hydrogen (secondary N) is 1. The van der Waals surface area contributed by atoms with Crippen LogP contribution in [0.1, 0.15) is 30.5 Å². The van der Waals surface area contributed by atoms with Crippen LogP contribution in [0.2, 0.25) is 4.34 Å². The van der Waals surface area contributed by atoms with E-state index >= 15 is 0 Å². The van der Waals surface area contributed by atoms with Crippen LogP contribution in [0.25, 0.3) is 0 Å². The number of thiophene rings is 2. The third-order valence-corrected chi connectivity index (χ3v) is 5.88. The van der Waals surface area contributed by atoms with Gasteiger partial charge >= 0.3 is 0 Å². The lowest BCUT2D eigenvalue weighted by molar-refractivity contribution is 0.1000. The van der Waals surface area contributed by atoms with Crippen LogP contribution in [-0.4, -0.2) is 30.3 Å². The van der Waals surface area contributed by atoms with Crippen molar-refractivity contribution in [1.82, 2.24) is 4.90 Å². The molecule has 5 nitrogen and oxygen atoms in total. The van der Waals surface area contributed by atoms with Crippen molar-refractivity contribution >= 4 is 51.1 Å². The smallest absolute Gasteiger partial charge is 0.266 e. The molecule has 0 aromatic carbocycles. The van der Waals surface area contributed by atoms with Gasteiger partial charge in [0.25, 0.3) is 11.8 Å². The number of halogens is 1. The van der Waals surface area contributed by atoms with Crippen molar-refractivity contribution in [2.45, 2.75) is 13.0 Å². The predicted molar refractivity (Wildman–Crippen MR) is 90.2 cm³/mol. The molecule has 0 atom stereocenters. The number of nitrogens with two attached hydrogens (primary N) is 1. The summed E-state index contributed by atoms with van der Waals surface area (Å²) in [5.41, 5.74) is 6.94. The van der Waals surface area contributed by atoms with Crippen molar-refractivity contribution in [3.63, 3.8) is 0 Å². The van der Waals surface area contributed by atoms with E-state index in [1.165, 1.54) is 22.7 Å². The number of carbonyl (C=O) groups is 2. The molecule has 3 N–H and O–H groups in total. The van der Waals surface area contributed by atoms with Crippen molar-refractivity contribution < 1.29 is 9.59 Å². The molecule has 0 aliphatic carbocycles. The van der Waals surface area contributed by atoms with E-state index in [1.54, 1.807) is 12.1 Å². The van der Waals surface area contributed by atoms with E-state index in [0.717, 1.165) is 30.0 Å². The number of carbonyl (C=O) groups excluding carboxylic acids is 2. The van der Waals surface area contributed by atoms with Gasteiger partial charge in [-0.1, -0.05) is 11.6 Å². The van der Waals surface area contributed by atoms with Crippen molar-refractivity contribution in [1.29, 1.82) is 0 Å². The summed E-state index contributed by atoms with van der Waals surface area (Å²) in [4.78, 5) is 27.8. The number of fused-ring (bicyclic) bond motifs is 1. The zero-order valence-electron chi connectivity index (χ0n) is 11.8. The van der Waals surface area contributed by atoms with Gasteiger partial charge in [-0.25, -0.2) is 0 Å². The van der Waals surface area contributed by atoms with Gasteiger partial charge < -0.3 is 16.0 Å². The molecule has 0 bridgehead atoms. The molecule has 0 saturated heterocycles. The number of likely N-dealkylation sites (N-methyl/N-ethyl adjacent to an activating group) is 1. The topological polar surface area (TPSA) is 75.4 Å². The summed E-state index contributed by atoms with van der Waals surface area (Å²) in [5, 5.41) is 3.34. The number of primary amides is 1. The lowest BCUT2D eigenvalue weighted by Gasteiger charge is -2.22. The molecule has 0 unspecified atom stereocenters. The highest BCUT2D eigenvalue weighted by Gasteiger charge is 2.26. The molecule has 3 heterocycles. The van der Waals surface area contributed by atoms with Gasteiger partial charge in [-0.15, -0.1) is 22.7 Å². The van der Waals surface area contributed by atoms with Crippen LogP contribution in [0.5, 0.6) is 0 Å². The van der Waals surface area contributed by atoms with E-state index in [-0.39, 0.29) is 5.91 Å². The molecule has 2 aromatic heterocycles. The molecule has 0 saturated carbocycles. The number of hydrogen-bond donors (Lipinski definition) is 2. The monoisotopic (exact) mass is 355 g/mol. The summed E-state index contributed by atoms with van der Waals surface area (Å²) in [6.45, 7) is 1.64. The SMILES string of the molecule is CN1CCc2c(sc(NC(=O)c3ccc(Cl)s3)c2C(N)=O)C1. The Hall–Kier alpha value is -1.41. The van der Waals surface area contributed by atoms with E-state index in [4.69, 9.17) is 17.3 Å². The van der Waals surface area contributed by atoms with Crippen LogP contribution in [-0.2, 0) is 13.0 Å². The Morgan fingerprint density at radius 3 is 2.77 bits per heavy atom. The maximum atomic E-state index is 12.3. The Balaban J connectivity index is 1.93. The van der Waals surface area contributed by atoms with Crippen LogP contribution < -0.4 is 11.1 Å². The lowest BCUT2D eigenvalue weighted by atomic mass is 10.0. The van der Waals surface area contributed by atoms with Gasteiger partial charge in [0.05, 0.1) is 14.8 Å². The Morgan fingerprint density at radius 1 is 1.36 bits per heavy atom. The minimum atomic E-state index is -0.499. The third kappa shape index (κ3) is 2.89. The molecule has 2 amide bonds. The highest BCUT2D eigenvalue weighted by molar-refractivity contribution is 7.18. The number of anilines is 1. The van der Waals surface area contributed by atoms with Crippen molar-refractivity contribution in [3.8, 4) is 0 Å². The van der Waals surface area contributed by atoms with Gasteiger partial charge in [-0.05, 0) is 31.2 Å². The fourth-order valence-corrected chi connectivity index (χ4v) is 4.75. The first kappa shape index (κ1) is 15.5. The van der Waals surface area contributed by atoms with Crippen LogP contribution in [0.4, 0.5) is 5.00 Å². The molecule has 22 heavy (non-hydrogen) atoms. The van der Waals surface area contributed by atoms with E-state index in [1.807, 2.05) is 7.05 Å². The summed E-state index contributed by atoms with van der Waals surface area (Å²) in [5.74, 6) is -0.770. The van der Waals surface area contributed by atoms with Crippen molar-refractivity contribution in [3.05, 3.63) is 37.4 Å². The standard InChI is InChI=1S/C14H14ClN3O2S2/c1-18-5-4-7-9(6-18)22-14(11(7)12(16)19)17-13(20)8-2-3-10(15)21-8/h2-3H,4-6H2,1H3,(H2,16,19)(H,17,20). The molecule has 2 aromatic rings. The summed E-state index contributed by atoms with van der Waals surface area (Å²) in [6, 6.07) is 3.33. The molecular formula is C14H14ClN3O2S2. The number of amides is 2. The minimum absolute atomic E-state index is 0.272. The molecule has 8 heteroatoms. The normalized spacial score (nSPS) is 14.6. The van der Waals surface area contributed by atoms with Gasteiger partial charge in [0.15, 0.2) is 0 Å². The average Bonchev–Trinajstić information content (AvgIpc) is 3.01. The maximum Gasteiger partial charge on any atom is 0.266 e. The Kier molecular flexibility index (Phi) is 4.22. The van der Waals surface area contributed by atoms with E-state index in [0.29, 0.717) is 19.8 Å². The first-order valence-electron chi connectivity index (χ1n) is 6.65. The second kappa shape index (κ2) is 6.00. The fraction of sp³-hybridized carbons (Fsp3) is 0.286. The second-order valence-corrected chi connectivity index (χ2v) is 7.94. The summed E-state index contributed by atoms with van der Waals surface area (Å²) in [7, 11) is 2.03. The molecule has 116 valence electrons. The quantitative estimate of drug-likeness (QED) is 0.888. The van der Waals surface area contributed by atoms with Crippen molar-refractivity contribution in [2.24, 2.45) is 5.73 Å². The Labute approximate surface area is 140 Å². The van der Waals surface area contributed by atoms with Gasteiger partial charge in [0.1, 0.15) is 5.00 Å². The van der Waals surface area contributed by atoms with Gasteiger partial charge in [0, 0.05) is 18.0 Å². The predicted octanol–water partition coefficient (Wildman–Crippen LogP) is 2.80. The molecule has 0 fully saturated rings. The molecule has 1 aliphatic rings. The minimum Gasteiger partial charge on any atom is -0.365 e. The van der Waals surface area contributed by atoms with Crippen LogP contribution in [0.15, 0.2) is 12.1 Å². The summed E-state index contributed by atoms with van der Waals surface area (Å²) < 4.78 is 0.548. The Morgan fingerprint density at radius 2 is 2.14 bits per heavy atom. The summed E-state index contributed by atoms with van der Waals surface area (Å²) in [6.07, 6.45) is 0.765. The first-order chi connectivity index (χ1) is 10.5. The van der Waals surface area contributed by atoms with Gasteiger partial charge in [-0.2, -0.15) is 0 Å². The average molecular weight is 356 g/mol. The zero-order chi connectivity index (χ0) is 15.9. The number of hydrogen-bond acceptors (Lipinski definition) is 5. The van der Waals surface area contributed by atoms with Crippen LogP contribution in [0, 0.1) is 0 Å². The molecular weight excluding hydrogens is 342 g/mol. The summed E-state index contributed by atoms with van der Waals surface area (Å²) >= 11 is 8.47. The first-order valence-corrected chi connectivity index (χ1v) is 8.66. The van der Waals surface area contributed by atoms with Gasteiger partial charge in [-0.3, -0.25) is 9.59 Å². The fourth-order valence-electron chi connectivity index (χ4n) is 2.48. The zero-order valence-corrected chi connectivity index (χ0v) is 14.2. The second-order valence-electron chi connectivity index (χ2n) is 5.12. The van der Waals surface area contributed by atoms with E-state index < -0.39 is 5.91 Å². The largest absolute Gasteiger partial charge is 0.365 e. The maximum absolute atomic E-state index is 12.3. The van der Waals surface area contributed by atoms with Crippen molar-refractivity contribution in [2.75, 3.05) is 18.9 Å². The van der Waals surface area contributed by atoms with E-state index in [2.05, 4.69) is 10.2 Å². The Bertz CT molecular complexity index is 753. The molecule has 0 spiro atoms. The lowest BCUT2D eigenvalue weighted by Crippen LogP contribution is -2.27. The van der Waals surface area contributed by atoms with Gasteiger partial charge in [0.2, 0.25) is 0 Å². The molecule has 3 rings (SSSR count). The highest BCUT2D eigenvalue weighted by atomic mass is 35.5. The van der Waals surface area contributed by atoms with E-state index in [9.17, 15) is 9.59 Å². The third-order valence-electron chi connectivity index (χ3n) is 3.52. The number of rotatable bonds is 3. The molecule has 0 radical (unpaired) electrons. The number of nitrogens with zero attached hydrogens (tertiary/aromatic N) is 1. The highest BCUT2D eigenvalue weighted by Crippen LogP contribution is 2.37. The van der Waals surface area contributed by atoms with Crippen LogP contribution >= 0.6 is 34.3 Å².